The third-order valence-electron chi connectivity index (χ3n) is 2.92. The van der Waals surface area contributed by atoms with Crippen LogP contribution in [0.2, 0.25) is 5.02 Å². The molecule has 0 fully saturated rings. The molecule has 2 N–H and O–H groups in total. The van der Waals surface area contributed by atoms with Gasteiger partial charge in [-0.3, -0.25) is 0 Å². The Morgan fingerprint density at radius 3 is 2.25 bits per heavy atom. The van der Waals surface area contributed by atoms with Crippen molar-refractivity contribution in [3.63, 3.8) is 0 Å². The minimum atomic E-state index is -0.212. The van der Waals surface area contributed by atoms with E-state index in [0.29, 0.717) is 11.6 Å². The molecule has 0 heterocycles. The van der Waals surface area contributed by atoms with Crippen LogP contribution in [0, 0.1) is 0 Å². The molecular weight excluding hydrogens is 405 g/mol. The van der Waals surface area contributed by atoms with Gasteiger partial charge in [0.2, 0.25) is 0 Å². The van der Waals surface area contributed by atoms with Gasteiger partial charge in [-0.1, -0.05) is 23.7 Å². The molecule has 0 bridgehead atoms. The van der Waals surface area contributed by atoms with E-state index in [0.717, 1.165) is 25.8 Å². The Morgan fingerprint density at radius 1 is 1.10 bits per heavy atom. The zero-order valence-electron chi connectivity index (χ0n) is 10.9. The molecule has 2 aromatic carbocycles. The number of nitrogens with two attached hydrogens (primary N) is 1. The second-order valence-electron chi connectivity index (χ2n) is 4.27. The van der Waals surface area contributed by atoms with Crippen LogP contribution in [0.25, 0.3) is 0 Å². The van der Waals surface area contributed by atoms with Crippen molar-refractivity contribution in [1.82, 2.24) is 0 Å². The summed E-state index contributed by atoms with van der Waals surface area (Å²) in [7, 11) is 0. The van der Waals surface area contributed by atoms with Crippen LogP contribution in [-0.4, -0.2) is 6.61 Å². The molecule has 5 heteroatoms. The van der Waals surface area contributed by atoms with E-state index in [1.807, 2.05) is 43.3 Å². The highest BCUT2D eigenvalue weighted by Crippen LogP contribution is 2.32. The molecule has 1 unspecified atom stereocenters. The molecule has 2 rings (SSSR count). The maximum atomic E-state index is 6.30. The van der Waals surface area contributed by atoms with Gasteiger partial charge in [0.1, 0.15) is 5.75 Å². The fourth-order valence-corrected chi connectivity index (χ4v) is 2.91. The maximum Gasteiger partial charge on any atom is 0.133 e. The van der Waals surface area contributed by atoms with Crippen molar-refractivity contribution in [2.24, 2.45) is 5.73 Å². The van der Waals surface area contributed by atoms with Crippen LogP contribution in [0.1, 0.15) is 24.1 Å². The highest BCUT2D eigenvalue weighted by molar-refractivity contribution is 9.10. The van der Waals surface area contributed by atoms with Gasteiger partial charge in [0.05, 0.1) is 22.1 Å². The minimum absolute atomic E-state index is 0.212. The normalized spacial score (nSPS) is 12.2. The number of ether oxygens (including phenoxy) is 1. The molecule has 0 aliphatic heterocycles. The lowest BCUT2D eigenvalue weighted by Gasteiger charge is -2.15. The Morgan fingerprint density at radius 2 is 1.70 bits per heavy atom. The summed E-state index contributed by atoms with van der Waals surface area (Å²) in [5, 5.41) is 0.675. The number of rotatable bonds is 4. The lowest BCUT2D eigenvalue weighted by atomic mass is 10.00. The van der Waals surface area contributed by atoms with Gasteiger partial charge in [-0.15, -0.1) is 0 Å². The first kappa shape index (κ1) is 15.8. The van der Waals surface area contributed by atoms with Gasteiger partial charge in [-0.25, -0.2) is 0 Å². The largest absolute Gasteiger partial charge is 0.493 e. The van der Waals surface area contributed by atoms with Crippen molar-refractivity contribution >= 4 is 43.5 Å². The molecule has 0 aliphatic rings. The Balaban J connectivity index is 2.30. The second kappa shape index (κ2) is 6.94. The van der Waals surface area contributed by atoms with Crippen molar-refractivity contribution in [3.05, 3.63) is 61.5 Å². The molecule has 0 aliphatic carbocycles. The van der Waals surface area contributed by atoms with Gasteiger partial charge in [-0.05, 0) is 74.2 Å². The number of hydrogen-bond donors (Lipinski definition) is 1. The van der Waals surface area contributed by atoms with E-state index >= 15 is 0 Å². The van der Waals surface area contributed by atoms with Gasteiger partial charge in [-0.2, -0.15) is 0 Å². The van der Waals surface area contributed by atoms with Crippen LogP contribution >= 0.6 is 43.5 Å². The van der Waals surface area contributed by atoms with Crippen LogP contribution < -0.4 is 10.5 Å². The van der Waals surface area contributed by atoms with Crippen molar-refractivity contribution in [2.45, 2.75) is 13.0 Å². The molecular formula is C15H14Br2ClNO. The monoisotopic (exact) mass is 417 g/mol. The molecule has 0 spiro atoms. The molecule has 0 radical (unpaired) electrons. The first-order chi connectivity index (χ1) is 9.52. The molecule has 0 aromatic heterocycles. The van der Waals surface area contributed by atoms with E-state index in [2.05, 4.69) is 31.9 Å². The molecule has 0 saturated heterocycles. The van der Waals surface area contributed by atoms with E-state index < -0.39 is 0 Å². The van der Waals surface area contributed by atoms with Crippen molar-refractivity contribution in [3.8, 4) is 5.75 Å². The zero-order valence-corrected chi connectivity index (χ0v) is 14.8. The van der Waals surface area contributed by atoms with E-state index in [1.54, 1.807) is 0 Å². The smallest absolute Gasteiger partial charge is 0.133 e. The van der Waals surface area contributed by atoms with Crippen molar-refractivity contribution in [2.75, 3.05) is 6.61 Å². The van der Waals surface area contributed by atoms with Crippen LogP contribution in [0.5, 0.6) is 5.75 Å². The van der Waals surface area contributed by atoms with Gasteiger partial charge >= 0.3 is 0 Å². The van der Waals surface area contributed by atoms with Gasteiger partial charge < -0.3 is 10.5 Å². The Kier molecular flexibility index (Phi) is 5.49. The van der Waals surface area contributed by atoms with Crippen LogP contribution in [0.4, 0.5) is 0 Å². The van der Waals surface area contributed by atoms with Gasteiger partial charge in [0.25, 0.3) is 0 Å². The number of benzene rings is 2. The quantitative estimate of drug-likeness (QED) is 0.729. The van der Waals surface area contributed by atoms with Gasteiger partial charge in [0, 0.05) is 4.47 Å². The molecule has 106 valence electrons. The summed E-state index contributed by atoms with van der Waals surface area (Å²) in [6.07, 6.45) is 0. The van der Waals surface area contributed by atoms with Crippen LogP contribution in [-0.2, 0) is 0 Å². The summed E-state index contributed by atoms with van der Waals surface area (Å²) in [6, 6.07) is 11.4. The van der Waals surface area contributed by atoms with Crippen LogP contribution in [0.15, 0.2) is 45.3 Å². The summed E-state index contributed by atoms with van der Waals surface area (Å²) < 4.78 is 7.25. The Labute approximate surface area is 140 Å². The predicted molar refractivity (Wildman–Crippen MR) is 90.5 cm³/mol. The SMILES string of the molecule is CCOc1ccc(C(N)c2ccc(Cl)c(Br)c2)cc1Br. The van der Waals surface area contributed by atoms with E-state index in [9.17, 15) is 0 Å². The fraction of sp³-hybridized carbons (Fsp3) is 0.200. The third-order valence-corrected chi connectivity index (χ3v) is 4.75. The standard InChI is InChI=1S/C15H14Br2ClNO/c1-2-20-14-6-4-10(8-12(14)17)15(19)9-3-5-13(18)11(16)7-9/h3-8,15H,2,19H2,1H3. The minimum Gasteiger partial charge on any atom is -0.493 e. The van der Waals surface area contributed by atoms with E-state index in [-0.39, 0.29) is 6.04 Å². The zero-order chi connectivity index (χ0) is 14.7. The first-order valence-electron chi connectivity index (χ1n) is 6.15. The Hall–Kier alpha value is -0.550. The fourth-order valence-electron chi connectivity index (χ4n) is 1.88. The average molecular weight is 420 g/mol. The summed E-state index contributed by atoms with van der Waals surface area (Å²) in [6.45, 7) is 2.59. The summed E-state index contributed by atoms with van der Waals surface area (Å²) in [4.78, 5) is 0. The molecule has 0 amide bonds. The lowest BCUT2D eigenvalue weighted by Crippen LogP contribution is -2.12. The summed E-state index contributed by atoms with van der Waals surface area (Å²) >= 11 is 12.9. The maximum absolute atomic E-state index is 6.30. The predicted octanol–water partition coefficient (Wildman–Crippen LogP) is 5.31. The topological polar surface area (TPSA) is 35.2 Å². The Bertz CT molecular complexity index is 619. The molecule has 2 aromatic rings. The molecule has 20 heavy (non-hydrogen) atoms. The number of halogens is 3. The highest BCUT2D eigenvalue weighted by atomic mass is 79.9. The van der Waals surface area contributed by atoms with E-state index in [4.69, 9.17) is 22.1 Å². The third kappa shape index (κ3) is 3.55. The summed E-state index contributed by atoms with van der Waals surface area (Å²) in [5.41, 5.74) is 8.31. The average Bonchev–Trinajstić information content (AvgIpc) is 2.43. The van der Waals surface area contributed by atoms with Gasteiger partial charge in [0.15, 0.2) is 0 Å². The van der Waals surface area contributed by atoms with Crippen molar-refractivity contribution < 1.29 is 4.74 Å². The number of hydrogen-bond acceptors (Lipinski definition) is 2. The van der Waals surface area contributed by atoms with Crippen LogP contribution in [0.3, 0.4) is 0 Å². The lowest BCUT2D eigenvalue weighted by molar-refractivity contribution is 0.338. The van der Waals surface area contributed by atoms with Crippen molar-refractivity contribution in [1.29, 1.82) is 0 Å². The second-order valence-corrected chi connectivity index (χ2v) is 6.39. The first-order valence-corrected chi connectivity index (χ1v) is 8.12. The molecule has 2 nitrogen and oxygen atoms in total. The van der Waals surface area contributed by atoms with E-state index in [1.165, 1.54) is 0 Å². The summed E-state index contributed by atoms with van der Waals surface area (Å²) in [5.74, 6) is 0.820. The molecule has 1 atom stereocenters. The molecule has 0 saturated carbocycles. The highest BCUT2D eigenvalue weighted by Gasteiger charge is 2.12.